The minimum atomic E-state index is -0.533. The van der Waals surface area contributed by atoms with E-state index in [0.29, 0.717) is 30.2 Å². The van der Waals surface area contributed by atoms with E-state index in [-0.39, 0.29) is 23.4 Å². The highest BCUT2D eigenvalue weighted by atomic mass is 16.3. The number of aliphatic hydroxyl groups is 1. The monoisotopic (exact) mass is 329 g/mol. The van der Waals surface area contributed by atoms with Gasteiger partial charge in [-0.25, -0.2) is 0 Å². The van der Waals surface area contributed by atoms with E-state index in [1.165, 1.54) is 6.42 Å². The van der Waals surface area contributed by atoms with Gasteiger partial charge >= 0.3 is 0 Å². The van der Waals surface area contributed by atoms with Gasteiger partial charge in [-0.1, -0.05) is 0 Å². The molecule has 6 atom stereocenters. The molecule has 5 heteroatoms. The average molecular weight is 329 g/mol. The first-order valence-corrected chi connectivity index (χ1v) is 9.60. The zero-order valence-corrected chi connectivity index (χ0v) is 14.2. The summed E-state index contributed by atoms with van der Waals surface area (Å²) in [7, 11) is 0. The SMILES string of the molecule is N#C[C@@H]1C[C@@H]2C[C@@H]2N1C(=O)C[C@@H](N)C12CC3CC(CC(O)(C3)C1)C2. The summed E-state index contributed by atoms with van der Waals surface area (Å²) in [5.41, 5.74) is 6.02. The lowest BCUT2D eigenvalue weighted by Crippen LogP contribution is -2.61. The predicted octanol–water partition coefficient (Wildman–Crippen LogP) is 1.55. The molecule has 6 rings (SSSR count). The molecule has 130 valence electrons. The van der Waals surface area contributed by atoms with Crippen LogP contribution < -0.4 is 5.73 Å². The summed E-state index contributed by atoms with van der Waals surface area (Å²) in [6, 6.07) is 2.17. The van der Waals surface area contributed by atoms with Crippen LogP contribution in [0.4, 0.5) is 0 Å². The molecule has 24 heavy (non-hydrogen) atoms. The molecule has 0 aromatic heterocycles. The smallest absolute Gasteiger partial charge is 0.225 e. The lowest BCUT2D eigenvalue weighted by Gasteiger charge is -2.62. The molecule has 6 fully saturated rings. The van der Waals surface area contributed by atoms with Crippen LogP contribution in [0.2, 0.25) is 0 Å². The Hall–Kier alpha value is -1.12. The number of amides is 1. The van der Waals surface area contributed by atoms with Gasteiger partial charge < -0.3 is 15.7 Å². The van der Waals surface area contributed by atoms with Crippen LogP contribution in [0.15, 0.2) is 0 Å². The van der Waals surface area contributed by atoms with Crippen molar-refractivity contribution in [2.45, 2.75) is 81.5 Å². The quantitative estimate of drug-likeness (QED) is 0.822. The van der Waals surface area contributed by atoms with E-state index in [1.807, 2.05) is 4.90 Å². The average Bonchev–Trinajstić information content (AvgIpc) is 3.14. The summed E-state index contributed by atoms with van der Waals surface area (Å²) in [5, 5.41) is 20.2. The van der Waals surface area contributed by atoms with E-state index in [9.17, 15) is 15.2 Å². The number of hydrogen-bond donors (Lipinski definition) is 2. The maximum atomic E-state index is 12.9. The molecule has 0 spiro atoms. The molecular formula is C19H27N3O2. The van der Waals surface area contributed by atoms with Crippen molar-refractivity contribution in [3.8, 4) is 6.07 Å². The molecule has 2 unspecified atom stereocenters. The summed E-state index contributed by atoms with van der Waals surface area (Å²) in [6.45, 7) is 0. The van der Waals surface area contributed by atoms with Crippen LogP contribution in [0.1, 0.15) is 57.8 Å². The predicted molar refractivity (Wildman–Crippen MR) is 87.4 cm³/mol. The zero-order valence-electron chi connectivity index (χ0n) is 14.2. The van der Waals surface area contributed by atoms with Gasteiger partial charge in [0, 0.05) is 18.5 Å². The molecule has 5 nitrogen and oxygen atoms in total. The molecule has 5 aliphatic carbocycles. The topological polar surface area (TPSA) is 90.4 Å². The second kappa shape index (κ2) is 4.74. The van der Waals surface area contributed by atoms with Crippen LogP contribution in [0.5, 0.6) is 0 Å². The van der Waals surface area contributed by atoms with Gasteiger partial charge in [-0.3, -0.25) is 4.79 Å². The molecule has 4 bridgehead atoms. The fourth-order valence-corrected chi connectivity index (χ4v) is 7.16. The van der Waals surface area contributed by atoms with E-state index < -0.39 is 5.60 Å². The molecule has 0 aromatic carbocycles. The van der Waals surface area contributed by atoms with Gasteiger partial charge in [-0.15, -0.1) is 0 Å². The highest BCUT2D eigenvalue weighted by Crippen LogP contribution is 2.63. The van der Waals surface area contributed by atoms with Gasteiger partial charge in [0.1, 0.15) is 6.04 Å². The molecule has 1 amide bonds. The highest BCUT2D eigenvalue weighted by molar-refractivity contribution is 5.79. The summed E-state index contributed by atoms with van der Waals surface area (Å²) < 4.78 is 0. The van der Waals surface area contributed by atoms with E-state index in [0.717, 1.165) is 44.9 Å². The highest BCUT2D eigenvalue weighted by Gasteiger charge is 2.60. The number of piperidine rings is 1. The Morgan fingerprint density at radius 3 is 2.58 bits per heavy atom. The molecule has 3 N–H and O–H groups in total. The Labute approximate surface area is 143 Å². The Morgan fingerprint density at radius 1 is 1.25 bits per heavy atom. The number of fused-ring (bicyclic) bond motifs is 1. The number of nitrogens with zero attached hydrogens (tertiary/aromatic N) is 2. The molecule has 0 radical (unpaired) electrons. The van der Waals surface area contributed by atoms with Crippen LogP contribution in [-0.4, -0.2) is 39.6 Å². The van der Waals surface area contributed by atoms with Crippen LogP contribution >= 0.6 is 0 Å². The van der Waals surface area contributed by atoms with Gasteiger partial charge in [0.05, 0.1) is 11.7 Å². The van der Waals surface area contributed by atoms with Crippen LogP contribution in [0, 0.1) is 34.5 Å². The first-order chi connectivity index (χ1) is 11.4. The first-order valence-electron chi connectivity index (χ1n) is 9.60. The summed E-state index contributed by atoms with van der Waals surface area (Å²) in [4.78, 5) is 14.7. The normalized spacial score (nSPS) is 52.0. The minimum Gasteiger partial charge on any atom is -0.390 e. The van der Waals surface area contributed by atoms with E-state index in [2.05, 4.69) is 6.07 Å². The van der Waals surface area contributed by atoms with Gasteiger partial charge in [0.2, 0.25) is 5.91 Å². The number of carbonyl (C=O) groups excluding carboxylic acids is 1. The van der Waals surface area contributed by atoms with Crippen molar-refractivity contribution in [2.24, 2.45) is 28.9 Å². The third-order valence-corrected chi connectivity index (χ3v) is 7.80. The number of nitrogens with two attached hydrogens (primary N) is 1. The van der Waals surface area contributed by atoms with E-state index in [4.69, 9.17) is 5.73 Å². The van der Waals surface area contributed by atoms with Gasteiger partial charge in [0.15, 0.2) is 0 Å². The number of likely N-dealkylation sites (tertiary alicyclic amines) is 1. The molecule has 1 heterocycles. The Kier molecular flexibility index (Phi) is 2.99. The fourth-order valence-electron chi connectivity index (χ4n) is 7.16. The molecule has 0 aromatic rings. The fraction of sp³-hybridized carbons (Fsp3) is 0.895. The summed E-state index contributed by atoms with van der Waals surface area (Å²) >= 11 is 0. The second-order valence-corrected chi connectivity index (χ2v) is 9.60. The number of hydrogen-bond acceptors (Lipinski definition) is 4. The number of rotatable bonds is 3. The van der Waals surface area contributed by atoms with Crippen molar-refractivity contribution in [2.75, 3.05) is 0 Å². The van der Waals surface area contributed by atoms with Crippen LogP contribution in [0.3, 0.4) is 0 Å². The second-order valence-electron chi connectivity index (χ2n) is 9.60. The van der Waals surface area contributed by atoms with Crippen molar-refractivity contribution in [3.05, 3.63) is 0 Å². The maximum absolute atomic E-state index is 12.9. The van der Waals surface area contributed by atoms with Crippen molar-refractivity contribution in [1.82, 2.24) is 4.90 Å². The molecule has 6 aliphatic rings. The lowest BCUT2D eigenvalue weighted by atomic mass is 9.46. The third-order valence-electron chi connectivity index (χ3n) is 7.80. The largest absolute Gasteiger partial charge is 0.390 e. The first kappa shape index (κ1) is 15.2. The van der Waals surface area contributed by atoms with Crippen molar-refractivity contribution >= 4 is 5.91 Å². The van der Waals surface area contributed by atoms with Crippen molar-refractivity contribution in [1.29, 1.82) is 5.26 Å². The Balaban J connectivity index is 1.33. The maximum Gasteiger partial charge on any atom is 0.225 e. The summed E-state index contributed by atoms with van der Waals surface area (Å²) in [5.74, 6) is 1.80. The Bertz CT molecular complexity index is 613. The third kappa shape index (κ3) is 2.09. The molecular weight excluding hydrogens is 302 g/mol. The number of nitriles is 1. The van der Waals surface area contributed by atoms with Gasteiger partial charge in [-0.2, -0.15) is 5.26 Å². The van der Waals surface area contributed by atoms with Crippen molar-refractivity contribution in [3.63, 3.8) is 0 Å². The lowest BCUT2D eigenvalue weighted by molar-refractivity contribution is -0.173. The van der Waals surface area contributed by atoms with Crippen molar-refractivity contribution < 1.29 is 9.90 Å². The molecule has 1 aliphatic heterocycles. The summed E-state index contributed by atoms with van der Waals surface area (Å²) in [6.07, 6.45) is 8.27. The Morgan fingerprint density at radius 2 is 1.96 bits per heavy atom. The van der Waals surface area contributed by atoms with Gasteiger partial charge in [0.25, 0.3) is 0 Å². The van der Waals surface area contributed by atoms with E-state index >= 15 is 0 Å². The van der Waals surface area contributed by atoms with Gasteiger partial charge in [-0.05, 0) is 74.5 Å². The van der Waals surface area contributed by atoms with Crippen LogP contribution in [0.25, 0.3) is 0 Å². The van der Waals surface area contributed by atoms with Crippen LogP contribution in [-0.2, 0) is 4.79 Å². The van der Waals surface area contributed by atoms with E-state index in [1.54, 1.807) is 0 Å². The standard InChI is InChI=1S/C19H27N3O2/c20-9-14-2-13-3-15(13)22(14)17(23)4-16(21)18-5-11-1-12(6-18)8-19(24,7-11)10-18/h11-16,24H,1-8,10,21H2/t11?,12?,13-,14+,15+,16-,18?,19?/m1/s1. The number of carbonyl (C=O) groups is 1. The molecule has 1 saturated heterocycles. The minimum absolute atomic E-state index is 0.0562. The zero-order chi connectivity index (χ0) is 16.7. The molecule has 5 saturated carbocycles.